The number of hydrogen-bond acceptors (Lipinski definition) is 0. The number of benzene rings is 1. The average Bonchev–Trinajstić information content (AvgIpc) is 2.15. The Morgan fingerprint density at radius 3 is 2.64 bits per heavy atom. The molecule has 1 rings (SSSR count). The zero-order valence-corrected chi connectivity index (χ0v) is 9.35. The first-order chi connectivity index (χ1) is 6.74. The molecule has 0 saturated heterocycles. The van der Waals surface area contributed by atoms with Crippen LogP contribution in [-0.2, 0) is 0 Å². The molecule has 0 aromatic heterocycles. The Labute approximate surface area is 87.4 Å². The maximum Gasteiger partial charge on any atom is 0.0274 e. The first-order valence-corrected chi connectivity index (χ1v) is 5.30. The van der Waals surface area contributed by atoms with Gasteiger partial charge in [0.15, 0.2) is 0 Å². The molecule has 0 aliphatic carbocycles. The first-order valence-electron chi connectivity index (χ1n) is 5.30. The molecule has 1 aromatic carbocycles. The van der Waals surface area contributed by atoms with Crippen LogP contribution in [0, 0.1) is 25.7 Å². The van der Waals surface area contributed by atoms with E-state index in [4.69, 9.17) is 0 Å². The summed E-state index contributed by atoms with van der Waals surface area (Å²) >= 11 is 0. The van der Waals surface area contributed by atoms with Gasteiger partial charge in [-0.15, -0.1) is 0 Å². The Kier molecular flexibility index (Phi) is 4.26. The third kappa shape index (κ3) is 3.26. The van der Waals surface area contributed by atoms with Crippen LogP contribution in [0.5, 0.6) is 0 Å². The summed E-state index contributed by atoms with van der Waals surface area (Å²) in [5.41, 5.74) is 3.77. The van der Waals surface area contributed by atoms with Crippen molar-refractivity contribution < 1.29 is 0 Å². The van der Waals surface area contributed by atoms with Crippen LogP contribution < -0.4 is 0 Å². The van der Waals surface area contributed by atoms with Crippen molar-refractivity contribution in [2.45, 2.75) is 40.0 Å². The monoisotopic (exact) mass is 186 g/mol. The molecule has 0 bridgehead atoms. The van der Waals surface area contributed by atoms with Crippen LogP contribution in [-0.4, -0.2) is 0 Å². The minimum atomic E-state index is 1.02. The van der Waals surface area contributed by atoms with Crippen LogP contribution in [0.1, 0.15) is 42.9 Å². The first kappa shape index (κ1) is 10.9. The lowest BCUT2D eigenvalue weighted by Crippen LogP contribution is -1.83. The fraction of sp³-hybridized carbons (Fsp3) is 0.429. The molecule has 0 radical (unpaired) electrons. The summed E-state index contributed by atoms with van der Waals surface area (Å²) in [4.78, 5) is 0. The van der Waals surface area contributed by atoms with Gasteiger partial charge in [0.1, 0.15) is 0 Å². The predicted molar refractivity (Wildman–Crippen MR) is 62.3 cm³/mol. The van der Waals surface area contributed by atoms with Gasteiger partial charge in [-0.3, -0.25) is 0 Å². The molecule has 0 unspecified atom stereocenters. The van der Waals surface area contributed by atoms with Crippen LogP contribution in [0.15, 0.2) is 18.2 Å². The fourth-order valence-electron chi connectivity index (χ4n) is 1.38. The largest absolute Gasteiger partial charge is 0.0979 e. The number of unbranched alkanes of at least 4 members (excludes halogenated alkanes) is 2. The highest BCUT2D eigenvalue weighted by molar-refractivity contribution is 5.42. The van der Waals surface area contributed by atoms with Crippen LogP contribution in [0.2, 0.25) is 0 Å². The molecule has 0 atom stereocenters. The van der Waals surface area contributed by atoms with E-state index < -0.39 is 0 Å². The van der Waals surface area contributed by atoms with E-state index in [1.54, 1.807) is 0 Å². The van der Waals surface area contributed by atoms with E-state index in [1.165, 1.54) is 29.5 Å². The standard InChI is InChI=1S/C14H18/c1-4-5-6-7-8-14-10-9-12(2)11-13(14)3/h9-11H,4-6H2,1-3H3. The van der Waals surface area contributed by atoms with Crippen molar-refractivity contribution in [2.24, 2.45) is 0 Å². The number of aryl methyl sites for hydroxylation is 2. The molecule has 0 heteroatoms. The molecule has 0 nitrogen and oxygen atoms in total. The second-order valence-electron chi connectivity index (χ2n) is 3.72. The Morgan fingerprint density at radius 1 is 1.21 bits per heavy atom. The Balaban J connectivity index is 2.70. The van der Waals surface area contributed by atoms with Crippen molar-refractivity contribution in [1.82, 2.24) is 0 Å². The smallest absolute Gasteiger partial charge is 0.0274 e. The fourth-order valence-corrected chi connectivity index (χ4v) is 1.38. The van der Waals surface area contributed by atoms with E-state index in [0.717, 1.165) is 6.42 Å². The van der Waals surface area contributed by atoms with Crippen molar-refractivity contribution in [3.8, 4) is 11.8 Å². The molecule has 0 amide bonds. The summed E-state index contributed by atoms with van der Waals surface area (Å²) in [6.45, 7) is 6.43. The SMILES string of the molecule is CCCCC#Cc1ccc(C)cc1C. The van der Waals surface area contributed by atoms with Gasteiger partial charge in [0.25, 0.3) is 0 Å². The van der Waals surface area contributed by atoms with E-state index >= 15 is 0 Å². The van der Waals surface area contributed by atoms with E-state index in [9.17, 15) is 0 Å². The Bertz CT molecular complexity index is 350. The average molecular weight is 186 g/mol. The van der Waals surface area contributed by atoms with Gasteiger partial charge < -0.3 is 0 Å². The van der Waals surface area contributed by atoms with E-state index in [2.05, 4.69) is 50.8 Å². The molecule has 0 N–H and O–H groups in total. The molecule has 74 valence electrons. The van der Waals surface area contributed by atoms with Gasteiger partial charge in [0.2, 0.25) is 0 Å². The van der Waals surface area contributed by atoms with Gasteiger partial charge in [-0.2, -0.15) is 0 Å². The van der Waals surface area contributed by atoms with E-state index in [0.29, 0.717) is 0 Å². The van der Waals surface area contributed by atoms with Crippen molar-refractivity contribution in [2.75, 3.05) is 0 Å². The van der Waals surface area contributed by atoms with Crippen molar-refractivity contribution in [3.63, 3.8) is 0 Å². The maximum absolute atomic E-state index is 3.22. The summed E-state index contributed by atoms with van der Waals surface area (Å²) in [6.07, 6.45) is 3.45. The minimum Gasteiger partial charge on any atom is -0.0979 e. The quantitative estimate of drug-likeness (QED) is 0.486. The highest BCUT2D eigenvalue weighted by Gasteiger charge is 1.93. The topological polar surface area (TPSA) is 0 Å². The third-order valence-corrected chi connectivity index (χ3v) is 2.26. The highest BCUT2D eigenvalue weighted by Crippen LogP contribution is 2.08. The molecular formula is C14H18. The lowest BCUT2D eigenvalue weighted by Gasteiger charge is -1.98. The van der Waals surface area contributed by atoms with Gasteiger partial charge in [-0.1, -0.05) is 42.9 Å². The van der Waals surface area contributed by atoms with Gasteiger partial charge in [0, 0.05) is 12.0 Å². The van der Waals surface area contributed by atoms with Crippen LogP contribution in [0.4, 0.5) is 0 Å². The molecule has 0 heterocycles. The van der Waals surface area contributed by atoms with Crippen molar-refractivity contribution >= 4 is 0 Å². The molecular weight excluding hydrogens is 168 g/mol. The van der Waals surface area contributed by atoms with E-state index in [-0.39, 0.29) is 0 Å². The van der Waals surface area contributed by atoms with Crippen molar-refractivity contribution in [3.05, 3.63) is 34.9 Å². The van der Waals surface area contributed by atoms with E-state index in [1.807, 2.05) is 0 Å². The lowest BCUT2D eigenvalue weighted by atomic mass is 10.1. The lowest BCUT2D eigenvalue weighted by molar-refractivity contribution is 0.828. The zero-order valence-electron chi connectivity index (χ0n) is 9.35. The highest BCUT2D eigenvalue weighted by atomic mass is 14.0. The number of rotatable bonds is 2. The third-order valence-electron chi connectivity index (χ3n) is 2.26. The van der Waals surface area contributed by atoms with Gasteiger partial charge in [-0.25, -0.2) is 0 Å². The van der Waals surface area contributed by atoms with Gasteiger partial charge >= 0.3 is 0 Å². The molecule has 0 aliphatic rings. The van der Waals surface area contributed by atoms with Crippen LogP contribution in [0.3, 0.4) is 0 Å². The summed E-state index contributed by atoms with van der Waals surface area (Å²) < 4.78 is 0. The Morgan fingerprint density at radius 2 is 2.00 bits per heavy atom. The van der Waals surface area contributed by atoms with Crippen LogP contribution >= 0.6 is 0 Å². The van der Waals surface area contributed by atoms with Gasteiger partial charge in [0.05, 0.1) is 0 Å². The molecule has 0 aliphatic heterocycles. The zero-order chi connectivity index (χ0) is 10.4. The Hall–Kier alpha value is -1.22. The van der Waals surface area contributed by atoms with Crippen LogP contribution in [0.25, 0.3) is 0 Å². The summed E-state index contributed by atoms with van der Waals surface area (Å²) in [5.74, 6) is 6.44. The normalized spacial score (nSPS) is 9.36. The molecule has 0 spiro atoms. The molecule has 14 heavy (non-hydrogen) atoms. The molecule has 0 saturated carbocycles. The van der Waals surface area contributed by atoms with Gasteiger partial charge in [-0.05, 0) is 31.9 Å². The second kappa shape index (κ2) is 5.50. The number of hydrogen-bond donors (Lipinski definition) is 0. The van der Waals surface area contributed by atoms with Crippen molar-refractivity contribution in [1.29, 1.82) is 0 Å². The summed E-state index contributed by atoms with van der Waals surface area (Å²) in [6, 6.07) is 6.42. The second-order valence-corrected chi connectivity index (χ2v) is 3.72. The summed E-state index contributed by atoms with van der Waals surface area (Å²) in [7, 11) is 0. The minimum absolute atomic E-state index is 1.02. The molecule has 0 fully saturated rings. The molecule has 1 aromatic rings. The maximum atomic E-state index is 3.22. The summed E-state index contributed by atoms with van der Waals surface area (Å²) in [5, 5.41) is 0. The predicted octanol–water partition coefficient (Wildman–Crippen LogP) is 3.85.